The van der Waals surface area contributed by atoms with Gasteiger partial charge in [0.2, 0.25) is 0 Å². The van der Waals surface area contributed by atoms with E-state index in [1.807, 2.05) is 12.1 Å². The van der Waals surface area contributed by atoms with Gasteiger partial charge < -0.3 is 10.4 Å². The molecule has 0 fully saturated rings. The van der Waals surface area contributed by atoms with Crippen molar-refractivity contribution in [2.45, 2.75) is 25.3 Å². The second kappa shape index (κ2) is 5.56. The number of rotatable bonds is 2. The maximum Gasteiger partial charge on any atom is 0.255 e. The maximum atomic E-state index is 13.2. The van der Waals surface area contributed by atoms with Crippen LogP contribution in [0, 0.1) is 5.82 Å². The van der Waals surface area contributed by atoms with Gasteiger partial charge in [-0.2, -0.15) is 0 Å². The van der Waals surface area contributed by atoms with E-state index in [1.54, 1.807) is 0 Å². The third kappa shape index (κ3) is 2.89. The molecule has 2 aromatic rings. The number of aromatic hydroxyl groups is 1. The second-order valence-corrected chi connectivity index (χ2v) is 5.34. The number of amides is 1. The van der Waals surface area contributed by atoms with Crippen LogP contribution in [0.3, 0.4) is 0 Å². The maximum absolute atomic E-state index is 13.2. The molecule has 1 amide bonds. The molecule has 4 heteroatoms. The Labute approximate surface area is 122 Å². The molecule has 0 saturated heterocycles. The van der Waals surface area contributed by atoms with E-state index in [2.05, 4.69) is 17.4 Å². The molecule has 0 bridgehead atoms. The lowest BCUT2D eigenvalue weighted by molar-refractivity contribution is 0.0930. The molecule has 108 valence electrons. The Morgan fingerprint density at radius 3 is 2.76 bits per heavy atom. The van der Waals surface area contributed by atoms with E-state index in [4.69, 9.17) is 0 Å². The Kier molecular flexibility index (Phi) is 3.60. The molecule has 2 aromatic carbocycles. The summed E-state index contributed by atoms with van der Waals surface area (Å²) in [4.78, 5) is 12.2. The van der Waals surface area contributed by atoms with Crippen LogP contribution in [0.5, 0.6) is 5.75 Å². The van der Waals surface area contributed by atoms with Gasteiger partial charge in [-0.15, -0.1) is 0 Å². The lowest BCUT2D eigenvalue weighted by atomic mass is 9.88. The summed E-state index contributed by atoms with van der Waals surface area (Å²) in [5, 5.41) is 12.5. The topological polar surface area (TPSA) is 49.3 Å². The molecule has 1 atom stereocenters. The number of aryl methyl sites for hydroxylation is 1. The van der Waals surface area contributed by atoms with Crippen molar-refractivity contribution in [2.24, 2.45) is 0 Å². The van der Waals surface area contributed by atoms with Crippen LogP contribution in [0.2, 0.25) is 0 Å². The number of hydrogen-bond donors (Lipinski definition) is 2. The molecule has 0 radical (unpaired) electrons. The molecule has 0 aromatic heterocycles. The molecular formula is C17H16FNO2. The summed E-state index contributed by atoms with van der Waals surface area (Å²) in [5.74, 6) is -1.17. The van der Waals surface area contributed by atoms with Crippen molar-refractivity contribution >= 4 is 5.91 Å². The Morgan fingerprint density at radius 2 is 1.95 bits per heavy atom. The highest BCUT2D eigenvalue weighted by molar-refractivity contribution is 5.97. The number of halogens is 1. The first kappa shape index (κ1) is 13.6. The van der Waals surface area contributed by atoms with Crippen molar-refractivity contribution in [3.8, 4) is 5.75 Å². The lowest BCUT2D eigenvalue weighted by Crippen LogP contribution is -2.38. The smallest absolute Gasteiger partial charge is 0.255 e. The average Bonchev–Trinajstić information content (AvgIpc) is 2.49. The fourth-order valence-corrected chi connectivity index (χ4v) is 2.77. The van der Waals surface area contributed by atoms with Gasteiger partial charge in [-0.25, -0.2) is 4.39 Å². The number of phenols is 1. The highest BCUT2D eigenvalue weighted by Crippen LogP contribution is 2.22. The predicted molar refractivity (Wildman–Crippen MR) is 77.8 cm³/mol. The average molecular weight is 285 g/mol. The van der Waals surface area contributed by atoms with Crippen LogP contribution in [0.15, 0.2) is 42.5 Å². The normalized spacial score (nSPS) is 17.1. The molecule has 0 saturated carbocycles. The number of benzene rings is 2. The first-order chi connectivity index (χ1) is 10.1. The zero-order valence-corrected chi connectivity index (χ0v) is 11.5. The predicted octanol–water partition coefficient (Wildman–Crippen LogP) is 2.82. The van der Waals surface area contributed by atoms with Gasteiger partial charge >= 0.3 is 0 Å². The van der Waals surface area contributed by atoms with E-state index >= 15 is 0 Å². The lowest BCUT2D eigenvalue weighted by Gasteiger charge is -2.25. The van der Waals surface area contributed by atoms with Gasteiger partial charge in [-0.1, -0.05) is 24.3 Å². The fraction of sp³-hybridized carbons (Fsp3) is 0.235. The number of carbonyl (C=O) groups is 1. The SMILES string of the molecule is O=C(NC1CCc2ccccc2C1)c1cc(F)ccc1O. The van der Waals surface area contributed by atoms with E-state index in [9.17, 15) is 14.3 Å². The molecule has 0 spiro atoms. The van der Waals surface area contributed by atoms with Gasteiger partial charge in [0, 0.05) is 6.04 Å². The number of phenolic OH excluding ortho intramolecular Hbond substituents is 1. The van der Waals surface area contributed by atoms with E-state index in [-0.39, 0.29) is 17.4 Å². The fourth-order valence-electron chi connectivity index (χ4n) is 2.77. The van der Waals surface area contributed by atoms with Gasteiger partial charge in [0.15, 0.2) is 0 Å². The molecule has 0 heterocycles. The quantitative estimate of drug-likeness (QED) is 0.891. The minimum Gasteiger partial charge on any atom is -0.507 e. The van der Waals surface area contributed by atoms with Crippen molar-refractivity contribution < 1.29 is 14.3 Å². The summed E-state index contributed by atoms with van der Waals surface area (Å²) >= 11 is 0. The van der Waals surface area contributed by atoms with Gasteiger partial charge in [-0.3, -0.25) is 4.79 Å². The standard InChI is InChI=1S/C17H16FNO2/c18-13-6-8-16(20)15(10-13)17(21)19-14-7-5-11-3-1-2-4-12(11)9-14/h1-4,6,8,10,14,20H,5,7,9H2,(H,19,21). The van der Waals surface area contributed by atoms with Crippen molar-refractivity contribution in [2.75, 3.05) is 0 Å². The first-order valence-electron chi connectivity index (χ1n) is 6.99. The number of hydrogen-bond acceptors (Lipinski definition) is 2. The molecule has 3 rings (SSSR count). The van der Waals surface area contributed by atoms with Gasteiger partial charge in [0.05, 0.1) is 5.56 Å². The summed E-state index contributed by atoms with van der Waals surface area (Å²) in [5.41, 5.74) is 2.53. The van der Waals surface area contributed by atoms with Crippen molar-refractivity contribution in [1.29, 1.82) is 0 Å². The van der Waals surface area contributed by atoms with Crippen LogP contribution in [-0.2, 0) is 12.8 Å². The van der Waals surface area contributed by atoms with Crippen molar-refractivity contribution in [3.63, 3.8) is 0 Å². The van der Waals surface area contributed by atoms with Crippen LogP contribution in [0.1, 0.15) is 27.9 Å². The summed E-state index contributed by atoms with van der Waals surface area (Å²) in [6.07, 6.45) is 2.52. The largest absolute Gasteiger partial charge is 0.507 e. The monoisotopic (exact) mass is 285 g/mol. The highest BCUT2D eigenvalue weighted by Gasteiger charge is 2.21. The van der Waals surface area contributed by atoms with Crippen molar-refractivity contribution in [1.82, 2.24) is 5.32 Å². The summed E-state index contributed by atoms with van der Waals surface area (Å²) in [6, 6.07) is 11.6. The van der Waals surface area contributed by atoms with Crippen LogP contribution in [0.4, 0.5) is 4.39 Å². The molecule has 1 aliphatic carbocycles. The Bertz CT molecular complexity index is 684. The molecule has 3 nitrogen and oxygen atoms in total. The van der Waals surface area contributed by atoms with Crippen LogP contribution in [-0.4, -0.2) is 17.1 Å². The van der Waals surface area contributed by atoms with E-state index < -0.39 is 11.7 Å². The van der Waals surface area contributed by atoms with Gasteiger partial charge in [-0.05, 0) is 48.6 Å². The van der Waals surface area contributed by atoms with E-state index in [1.165, 1.54) is 17.2 Å². The minimum absolute atomic E-state index is 0.00932. The van der Waals surface area contributed by atoms with E-state index in [0.29, 0.717) is 0 Å². The zero-order valence-electron chi connectivity index (χ0n) is 11.5. The third-order valence-corrected chi connectivity index (χ3v) is 3.89. The molecule has 2 N–H and O–H groups in total. The highest BCUT2D eigenvalue weighted by atomic mass is 19.1. The minimum atomic E-state index is -0.535. The van der Waals surface area contributed by atoms with E-state index in [0.717, 1.165) is 31.4 Å². The first-order valence-corrected chi connectivity index (χ1v) is 6.99. The van der Waals surface area contributed by atoms with Crippen LogP contribution >= 0.6 is 0 Å². The number of carbonyl (C=O) groups excluding carboxylic acids is 1. The zero-order chi connectivity index (χ0) is 14.8. The Balaban J connectivity index is 1.73. The van der Waals surface area contributed by atoms with Gasteiger partial charge in [0.1, 0.15) is 11.6 Å². The molecular weight excluding hydrogens is 269 g/mol. The van der Waals surface area contributed by atoms with Crippen LogP contribution < -0.4 is 5.32 Å². The molecule has 21 heavy (non-hydrogen) atoms. The van der Waals surface area contributed by atoms with Crippen LogP contribution in [0.25, 0.3) is 0 Å². The molecule has 0 aliphatic heterocycles. The summed E-state index contributed by atoms with van der Waals surface area (Å²) < 4.78 is 13.2. The third-order valence-electron chi connectivity index (χ3n) is 3.89. The Morgan fingerprint density at radius 1 is 1.19 bits per heavy atom. The Hall–Kier alpha value is -2.36. The van der Waals surface area contributed by atoms with Crippen molar-refractivity contribution in [3.05, 3.63) is 65.0 Å². The summed E-state index contributed by atoms with van der Waals surface area (Å²) in [7, 11) is 0. The number of nitrogens with one attached hydrogen (secondary N) is 1. The van der Waals surface area contributed by atoms with Gasteiger partial charge in [0.25, 0.3) is 5.91 Å². The molecule has 1 aliphatic rings. The number of fused-ring (bicyclic) bond motifs is 1. The summed E-state index contributed by atoms with van der Waals surface area (Å²) in [6.45, 7) is 0. The molecule has 1 unspecified atom stereocenters. The second-order valence-electron chi connectivity index (χ2n) is 5.34.